The Morgan fingerprint density at radius 1 is 1.35 bits per heavy atom. The van der Waals surface area contributed by atoms with Gasteiger partial charge in [0.15, 0.2) is 0 Å². The van der Waals surface area contributed by atoms with Crippen LogP contribution in [0, 0.1) is 0 Å². The Hall–Kier alpha value is 0.0500. The molecule has 0 spiro atoms. The molecule has 0 aromatic heterocycles. The summed E-state index contributed by atoms with van der Waals surface area (Å²) in [5.41, 5.74) is 3.59. The number of hydrogen-bond acceptors (Lipinski definition) is 1. The third-order valence-electron chi connectivity index (χ3n) is 3.88. The highest BCUT2D eigenvalue weighted by molar-refractivity contribution is 9.09. The van der Waals surface area contributed by atoms with Crippen LogP contribution in [0.15, 0.2) is 24.3 Å². The van der Waals surface area contributed by atoms with E-state index in [-0.39, 0.29) is 0 Å². The maximum atomic E-state index is 3.78. The number of fused-ring (bicyclic) bond motifs is 1. The molecule has 1 unspecified atom stereocenters. The average Bonchev–Trinajstić information content (AvgIpc) is 2.39. The first kappa shape index (κ1) is 13.5. The molecule has 1 aliphatic carbocycles. The monoisotopic (exact) mass is 312 g/mol. The molecule has 1 aromatic rings. The van der Waals surface area contributed by atoms with Crippen LogP contribution in [0.1, 0.15) is 37.3 Å². The first-order valence-corrected chi connectivity index (χ1v) is 8.82. The van der Waals surface area contributed by atoms with E-state index in [1.54, 1.807) is 11.1 Å². The minimum Gasteiger partial charge on any atom is -0.162 e. The van der Waals surface area contributed by atoms with E-state index in [2.05, 4.69) is 58.9 Å². The van der Waals surface area contributed by atoms with Gasteiger partial charge in [0, 0.05) is 10.7 Å². The second-order valence-corrected chi connectivity index (χ2v) is 6.83. The second kappa shape index (κ2) is 6.29. The van der Waals surface area contributed by atoms with E-state index in [0.717, 1.165) is 5.33 Å². The van der Waals surface area contributed by atoms with E-state index >= 15 is 0 Å². The summed E-state index contributed by atoms with van der Waals surface area (Å²) in [5.74, 6) is 2.52. The highest BCUT2D eigenvalue weighted by atomic mass is 79.9. The van der Waals surface area contributed by atoms with Crippen molar-refractivity contribution < 1.29 is 0 Å². The molecule has 0 saturated carbocycles. The third-order valence-corrected chi connectivity index (χ3v) is 5.85. The zero-order chi connectivity index (χ0) is 12.1. The summed E-state index contributed by atoms with van der Waals surface area (Å²) in [6, 6.07) is 9.06. The number of halogens is 1. The van der Waals surface area contributed by atoms with Gasteiger partial charge in [-0.25, -0.2) is 0 Å². The van der Waals surface area contributed by atoms with Crippen LogP contribution in [0.2, 0.25) is 0 Å². The van der Waals surface area contributed by atoms with Crippen LogP contribution in [0.25, 0.3) is 0 Å². The molecule has 0 N–H and O–H groups in total. The van der Waals surface area contributed by atoms with Gasteiger partial charge < -0.3 is 0 Å². The number of alkyl halides is 1. The van der Waals surface area contributed by atoms with E-state index in [1.807, 2.05) is 0 Å². The van der Waals surface area contributed by atoms with Crippen molar-refractivity contribution in [2.24, 2.45) is 0 Å². The lowest BCUT2D eigenvalue weighted by molar-refractivity contribution is 0.394. The van der Waals surface area contributed by atoms with Crippen molar-refractivity contribution in [3.05, 3.63) is 35.4 Å². The van der Waals surface area contributed by atoms with Gasteiger partial charge in [0.05, 0.1) is 0 Å². The van der Waals surface area contributed by atoms with Gasteiger partial charge in [-0.15, -0.1) is 0 Å². The Balaban J connectivity index is 2.22. The van der Waals surface area contributed by atoms with Crippen molar-refractivity contribution in [2.75, 3.05) is 16.8 Å². The Morgan fingerprint density at radius 3 is 2.94 bits per heavy atom. The van der Waals surface area contributed by atoms with Crippen LogP contribution >= 0.6 is 27.7 Å². The van der Waals surface area contributed by atoms with Gasteiger partial charge in [0.1, 0.15) is 0 Å². The number of rotatable bonds is 5. The Labute approximate surface area is 118 Å². The molecule has 0 nitrogen and oxygen atoms in total. The summed E-state index contributed by atoms with van der Waals surface area (Å²) >= 11 is 5.85. The van der Waals surface area contributed by atoms with E-state index in [4.69, 9.17) is 0 Å². The van der Waals surface area contributed by atoms with Gasteiger partial charge in [0.2, 0.25) is 0 Å². The van der Waals surface area contributed by atoms with E-state index in [1.165, 1.54) is 37.2 Å². The molecule has 0 radical (unpaired) electrons. The third kappa shape index (κ3) is 2.90. The zero-order valence-corrected chi connectivity index (χ0v) is 12.9. The molecule has 1 aliphatic rings. The number of thioether (sulfide) groups is 1. The molecular weight excluding hydrogens is 292 g/mol. The molecule has 17 heavy (non-hydrogen) atoms. The van der Waals surface area contributed by atoms with Crippen LogP contribution in [0.5, 0.6) is 0 Å². The van der Waals surface area contributed by atoms with Gasteiger partial charge in [0.25, 0.3) is 0 Å². The molecule has 2 rings (SSSR count). The molecule has 0 bridgehead atoms. The van der Waals surface area contributed by atoms with Crippen molar-refractivity contribution in [1.82, 2.24) is 0 Å². The fourth-order valence-corrected chi connectivity index (χ4v) is 4.57. The lowest BCUT2D eigenvalue weighted by Gasteiger charge is -2.38. The SMILES string of the molecule is CCSCCC1(CBr)CCCc2ccccc21. The highest BCUT2D eigenvalue weighted by Gasteiger charge is 2.34. The van der Waals surface area contributed by atoms with Crippen LogP contribution in [-0.2, 0) is 11.8 Å². The molecule has 2 heteroatoms. The lowest BCUT2D eigenvalue weighted by Crippen LogP contribution is -2.33. The fourth-order valence-electron chi connectivity index (χ4n) is 2.88. The van der Waals surface area contributed by atoms with Crippen LogP contribution in [0.4, 0.5) is 0 Å². The van der Waals surface area contributed by atoms with E-state index in [9.17, 15) is 0 Å². The van der Waals surface area contributed by atoms with Crippen LogP contribution < -0.4 is 0 Å². The molecule has 0 fully saturated rings. The molecule has 1 atom stereocenters. The number of hydrogen-bond donors (Lipinski definition) is 0. The fraction of sp³-hybridized carbons (Fsp3) is 0.600. The minimum atomic E-state index is 0.400. The Kier molecular flexibility index (Phi) is 4.98. The van der Waals surface area contributed by atoms with Crippen molar-refractivity contribution in [1.29, 1.82) is 0 Å². The van der Waals surface area contributed by atoms with E-state index in [0.29, 0.717) is 5.41 Å². The number of aryl methyl sites for hydroxylation is 1. The number of benzene rings is 1. The standard InChI is InChI=1S/C15H21BrS/c1-2-17-11-10-15(12-16)9-5-7-13-6-3-4-8-14(13)15/h3-4,6,8H,2,5,7,9-12H2,1H3. The van der Waals surface area contributed by atoms with Crippen molar-refractivity contribution in [3.63, 3.8) is 0 Å². The van der Waals surface area contributed by atoms with Crippen molar-refractivity contribution in [3.8, 4) is 0 Å². The zero-order valence-electron chi connectivity index (χ0n) is 10.5. The van der Waals surface area contributed by atoms with Gasteiger partial charge in [-0.1, -0.05) is 47.1 Å². The average molecular weight is 313 g/mol. The maximum absolute atomic E-state index is 3.78. The molecule has 94 valence electrons. The molecular formula is C15H21BrS. The molecule has 0 aliphatic heterocycles. The predicted molar refractivity (Wildman–Crippen MR) is 82.5 cm³/mol. The summed E-state index contributed by atoms with van der Waals surface area (Å²) in [6.45, 7) is 2.25. The van der Waals surface area contributed by atoms with Crippen LogP contribution in [-0.4, -0.2) is 16.8 Å². The molecule has 1 aromatic carbocycles. The summed E-state index contributed by atoms with van der Waals surface area (Å²) in [6.07, 6.45) is 5.28. The normalized spacial score (nSPS) is 23.4. The molecule has 0 heterocycles. The second-order valence-electron chi connectivity index (χ2n) is 4.87. The van der Waals surface area contributed by atoms with Gasteiger partial charge in [-0.3, -0.25) is 0 Å². The predicted octanol–water partition coefficient (Wildman–Crippen LogP) is 4.80. The van der Waals surface area contributed by atoms with Gasteiger partial charge >= 0.3 is 0 Å². The van der Waals surface area contributed by atoms with Crippen molar-refractivity contribution >= 4 is 27.7 Å². The van der Waals surface area contributed by atoms with Gasteiger partial charge in [-0.05, 0) is 48.3 Å². The summed E-state index contributed by atoms with van der Waals surface area (Å²) in [5, 5.41) is 1.11. The Morgan fingerprint density at radius 2 is 2.18 bits per heavy atom. The topological polar surface area (TPSA) is 0 Å². The maximum Gasteiger partial charge on any atom is 0.0129 e. The molecule has 0 saturated heterocycles. The molecule has 0 amide bonds. The largest absolute Gasteiger partial charge is 0.162 e. The smallest absolute Gasteiger partial charge is 0.0129 e. The first-order chi connectivity index (χ1) is 8.32. The Bertz CT molecular complexity index is 364. The quantitative estimate of drug-likeness (QED) is 0.556. The first-order valence-electron chi connectivity index (χ1n) is 6.54. The lowest BCUT2D eigenvalue weighted by atomic mass is 9.70. The van der Waals surface area contributed by atoms with Crippen molar-refractivity contribution in [2.45, 2.75) is 38.0 Å². The summed E-state index contributed by atoms with van der Waals surface area (Å²) in [4.78, 5) is 0. The minimum absolute atomic E-state index is 0.400. The van der Waals surface area contributed by atoms with Gasteiger partial charge in [-0.2, -0.15) is 11.8 Å². The highest BCUT2D eigenvalue weighted by Crippen LogP contribution is 2.42. The summed E-state index contributed by atoms with van der Waals surface area (Å²) in [7, 11) is 0. The van der Waals surface area contributed by atoms with E-state index < -0.39 is 0 Å². The summed E-state index contributed by atoms with van der Waals surface area (Å²) < 4.78 is 0. The van der Waals surface area contributed by atoms with Crippen LogP contribution in [0.3, 0.4) is 0 Å².